The van der Waals surface area contributed by atoms with E-state index in [0.717, 1.165) is 0 Å². The zero-order chi connectivity index (χ0) is 17.9. The second-order valence-electron chi connectivity index (χ2n) is 8.05. The van der Waals surface area contributed by atoms with Crippen LogP contribution in [-0.4, -0.2) is 43.2 Å². The lowest BCUT2D eigenvalue weighted by Gasteiger charge is -2.39. The predicted molar refractivity (Wildman–Crippen MR) is 88.5 cm³/mol. The lowest BCUT2D eigenvalue weighted by Crippen LogP contribution is -2.54. The molecule has 2 unspecified atom stereocenters. The molecule has 0 saturated heterocycles. The second-order valence-corrected chi connectivity index (χ2v) is 12.8. The molecule has 2 atom stereocenters. The normalized spacial score (nSPS) is 15.9. The SMILES string of the molecule is CC(O[Si](C)(C)C(C)(C)C)C(NC(=O)OC(C)(C)C)C(=O)O. The number of carbonyl (C=O) groups is 2. The standard InChI is InChI=1S/C15H31NO5Si/c1-10(21-22(8,9)15(5,6)7)11(12(17)18)16-13(19)20-14(2,3)4/h10-11H,1-9H3,(H,16,19)(H,17,18). The van der Waals surface area contributed by atoms with E-state index in [-0.39, 0.29) is 5.04 Å². The summed E-state index contributed by atoms with van der Waals surface area (Å²) in [6, 6.07) is -1.15. The number of amides is 1. The Labute approximate surface area is 134 Å². The molecule has 0 radical (unpaired) electrons. The van der Waals surface area contributed by atoms with E-state index in [2.05, 4.69) is 26.1 Å². The van der Waals surface area contributed by atoms with E-state index in [1.807, 2.05) is 13.1 Å². The van der Waals surface area contributed by atoms with Crippen molar-refractivity contribution in [3.8, 4) is 0 Å². The number of carbonyl (C=O) groups excluding carboxylic acids is 1. The molecule has 0 spiro atoms. The first-order valence-corrected chi connectivity index (χ1v) is 10.4. The molecule has 0 saturated carbocycles. The van der Waals surface area contributed by atoms with E-state index in [9.17, 15) is 14.7 Å². The molecule has 0 fully saturated rings. The van der Waals surface area contributed by atoms with E-state index >= 15 is 0 Å². The number of carboxylic acids is 1. The highest BCUT2D eigenvalue weighted by Crippen LogP contribution is 2.37. The lowest BCUT2D eigenvalue weighted by atomic mass is 10.2. The van der Waals surface area contributed by atoms with Crippen LogP contribution >= 0.6 is 0 Å². The van der Waals surface area contributed by atoms with Gasteiger partial charge in [-0.25, -0.2) is 9.59 Å². The fraction of sp³-hybridized carbons (Fsp3) is 0.867. The third-order valence-corrected chi connectivity index (χ3v) is 8.27. The quantitative estimate of drug-likeness (QED) is 0.753. The van der Waals surface area contributed by atoms with Crippen molar-refractivity contribution in [1.82, 2.24) is 5.32 Å². The minimum absolute atomic E-state index is 0.0454. The van der Waals surface area contributed by atoms with Crippen molar-refractivity contribution in [1.29, 1.82) is 0 Å². The minimum Gasteiger partial charge on any atom is -0.480 e. The van der Waals surface area contributed by atoms with Crippen LogP contribution in [0.1, 0.15) is 48.5 Å². The van der Waals surface area contributed by atoms with Gasteiger partial charge in [-0.15, -0.1) is 0 Å². The topological polar surface area (TPSA) is 84.9 Å². The molecule has 0 aromatic heterocycles. The number of carboxylic acid groups (broad SMARTS) is 1. The van der Waals surface area contributed by atoms with Crippen LogP contribution < -0.4 is 5.32 Å². The Morgan fingerprint density at radius 2 is 1.55 bits per heavy atom. The number of nitrogens with one attached hydrogen (secondary N) is 1. The second kappa shape index (κ2) is 7.00. The Morgan fingerprint density at radius 3 is 1.86 bits per heavy atom. The summed E-state index contributed by atoms with van der Waals surface area (Å²) in [4.78, 5) is 23.2. The van der Waals surface area contributed by atoms with Gasteiger partial charge in [-0.1, -0.05) is 20.8 Å². The Morgan fingerprint density at radius 1 is 1.09 bits per heavy atom. The minimum atomic E-state index is -2.13. The molecule has 7 heteroatoms. The van der Waals surface area contributed by atoms with Crippen LogP contribution in [0.15, 0.2) is 0 Å². The fourth-order valence-electron chi connectivity index (χ4n) is 1.52. The van der Waals surface area contributed by atoms with Crippen molar-refractivity contribution in [2.45, 2.75) is 84.3 Å². The summed E-state index contributed by atoms with van der Waals surface area (Å²) < 4.78 is 11.2. The van der Waals surface area contributed by atoms with Gasteiger partial charge in [0.2, 0.25) is 0 Å². The van der Waals surface area contributed by atoms with Gasteiger partial charge in [0.15, 0.2) is 14.4 Å². The number of hydrogen-bond acceptors (Lipinski definition) is 4. The smallest absolute Gasteiger partial charge is 0.408 e. The Hall–Kier alpha value is -1.08. The van der Waals surface area contributed by atoms with Gasteiger partial charge in [-0.05, 0) is 45.8 Å². The monoisotopic (exact) mass is 333 g/mol. The summed E-state index contributed by atoms with van der Waals surface area (Å²) in [6.07, 6.45) is -1.41. The molecule has 0 aromatic carbocycles. The van der Waals surface area contributed by atoms with Gasteiger partial charge in [0.05, 0.1) is 6.10 Å². The first kappa shape index (κ1) is 20.9. The Balaban J connectivity index is 4.97. The van der Waals surface area contributed by atoms with Crippen molar-refractivity contribution in [3.63, 3.8) is 0 Å². The summed E-state index contributed by atoms with van der Waals surface area (Å²) in [5.74, 6) is -1.14. The van der Waals surface area contributed by atoms with E-state index in [1.165, 1.54) is 0 Å². The van der Waals surface area contributed by atoms with Gasteiger partial charge in [-0.3, -0.25) is 0 Å². The maximum Gasteiger partial charge on any atom is 0.408 e. The number of hydrogen-bond donors (Lipinski definition) is 2. The van der Waals surface area contributed by atoms with Gasteiger partial charge < -0.3 is 19.6 Å². The average Bonchev–Trinajstić information content (AvgIpc) is 2.20. The summed E-state index contributed by atoms with van der Waals surface area (Å²) in [5, 5.41) is 11.7. The number of aliphatic carboxylic acids is 1. The van der Waals surface area contributed by atoms with Crippen LogP contribution in [0.4, 0.5) is 4.79 Å². The lowest BCUT2D eigenvalue weighted by molar-refractivity contribution is -0.141. The van der Waals surface area contributed by atoms with Gasteiger partial charge in [0, 0.05) is 0 Å². The summed E-state index contributed by atoms with van der Waals surface area (Å²) in [5.41, 5.74) is -0.684. The molecule has 6 nitrogen and oxygen atoms in total. The van der Waals surface area contributed by atoms with Crippen molar-refractivity contribution < 1.29 is 23.9 Å². The molecule has 0 rings (SSSR count). The molecule has 0 aliphatic rings. The highest BCUT2D eigenvalue weighted by molar-refractivity contribution is 6.74. The molecule has 0 bridgehead atoms. The van der Waals surface area contributed by atoms with Crippen LogP contribution in [0.5, 0.6) is 0 Å². The molecule has 0 heterocycles. The molecule has 1 amide bonds. The third kappa shape index (κ3) is 6.78. The number of ether oxygens (including phenoxy) is 1. The summed E-state index contributed by atoms with van der Waals surface area (Å²) >= 11 is 0. The number of alkyl carbamates (subject to hydrolysis) is 1. The van der Waals surface area contributed by atoms with E-state index < -0.39 is 38.1 Å². The highest BCUT2D eigenvalue weighted by atomic mass is 28.4. The number of rotatable bonds is 5. The van der Waals surface area contributed by atoms with Gasteiger partial charge >= 0.3 is 12.1 Å². The van der Waals surface area contributed by atoms with E-state index in [0.29, 0.717) is 0 Å². The first-order chi connectivity index (χ1) is 9.57. The zero-order valence-corrected chi connectivity index (χ0v) is 16.2. The van der Waals surface area contributed by atoms with Gasteiger partial charge in [0.1, 0.15) is 5.60 Å². The largest absolute Gasteiger partial charge is 0.480 e. The molecular formula is C15H31NO5Si. The molecule has 130 valence electrons. The van der Waals surface area contributed by atoms with Crippen molar-refractivity contribution in [2.75, 3.05) is 0 Å². The van der Waals surface area contributed by atoms with Crippen LogP contribution in [0.2, 0.25) is 18.1 Å². The van der Waals surface area contributed by atoms with Gasteiger partial charge in [0.25, 0.3) is 0 Å². The van der Waals surface area contributed by atoms with E-state index in [1.54, 1.807) is 27.7 Å². The highest BCUT2D eigenvalue weighted by Gasteiger charge is 2.41. The maximum absolute atomic E-state index is 11.8. The summed E-state index contributed by atoms with van der Waals surface area (Å²) in [7, 11) is -2.13. The van der Waals surface area contributed by atoms with Crippen LogP contribution in [0.3, 0.4) is 0 Å². The van der Waals surface area contributed by atoms with Crippen molar-refractivity contribution in [3.05, 3.63) is 0 Å². The maximum atomic E-state index is 11.8. The average molecular weight is 334 g/mol. The van der Waals surface area contributed by atoms with E-state index in [4.69, 9.17) is 9.16 Å². The van der Waals surface area contributed by atoms with Gasteiger partial charge in [-0.2, -0.15) is 0 Å². The summed E-state index contributed by atoms with van der Waals surface area (Å²) in [6.45, 7) is 17.1. The van der Waals surface area contributed by atoms with Crippen LogP contribution in [0.25, 0.3) is 0 Å². The molecule has 0 aliphatic heterocycles. The predicted octanol–water partition coefficient (Wildman–Crippen LogP) is 3.37. The first-order valence-electron chi connectivity index (χ1n) is 7.47. The van der Waals surface area contributed by atoms with Crippen LogP contribution in [-0.2, 0) is 14.0 Å². The molecular weight excluding hydrogens is 302 g/mol. The third-order valence-electron chi connectivity index (χ3n) is 3.69. The molecule has 0 aromatic rings. The van der Waals surface area contributed by atoms with Crippen molar-refractivity contribution in [2.24, 2.45) is 0 Å². The van der Waals surface area contributed by atoms with Crippen LogP contribution in [0, 0.1) is 0 Å². The Kier molecular flexibility index (Phi) is 6.65. The van der Waals surface area contributed by atoms with Crippen molar-refractivity contribution >= 4 is 20.4 Å². The molecule has 0 aliphatic carbocycles. The fourth-order valence-corrected chi connectivity index (χ4v) is 2.94. The Bertz CT molecular complexity index is 409. The molecule has 2 N–H and O–H groups in total. The zero-order valence-electron chi connectivity index (χ0n) is 15.2. The molecule has 22 heavy (non-hydrogen) atoms.